The Hall–Kier alpha value is -3.02. The summed E-state index contributed by atoms with van der Waals surface area (Å²) in [5.41, 5.74) is 3.86. The molecule has 0 bridgehead atoms. The molecule has 0 atom stereocenters. The van der Waals surface area contributed by atoms with Gasteiger partial charge in [0.2, 0.25) is 5.91 Å². The predicted molar refractivity (Wildman–Crippen MR) is 91.7 cm³/mol. The second-order valence-corrected chi connectivity index (χ2v) is 5.08. The molecule has 0 radical (unpaired) electrons. The van der Waals surface area contributed by atoms with Crippen LogP contribution in [-0.4, -0.2) is 30.9 Å². The molecule has 6 nitrogen and oxygen atoms in total. The van der Waals surface area contributed by atoms with E-state index in [9.17, 15) is 9.90 Å². The molecule has 2 rings (SSSR count). The molecule has 0 aliphatic carbocycles. The van der Waals surface area contributed by atoms with Gasteiger partial charge in [-0.05, 0) is 36.8 Å². The summed E-state index contributed by atoms with van der Waals surface area (Å²) >= 11 is 0. The highest BCUT2D eigenvalue weighted by atomic mass is 16.5. The quantitative estimate of drug-likeness (QED) is 0.605. The minimum atomic E-state index is -0.276. The number of amides is 1. The molecule has 126 valence electrons. The third-order valence-corrected chi connectivity index (χ3v) is 3.31. The zero-order chi connectivity index (χ0) is 17.4. The first-order valence-electron chi connectivity index (χ1n) is 7.47. The lowest BCUT2D eigenvalue weighted by atomic mass is 10.2. The van der Waals surface area contributed by atoms with Gasteiger partial charge in [-0.1, -0.05) is 18.2 Å². The van der Waals surface area contributed by atoms with Crippen molar-refractivity contribution < 1.29 is 19.4 Å². The summed E-state index contributed by atoms with van der Waals surface area (Å²) in [6.07, 6.45) is 1.54. The second-order valence-electron chi connectivity index (χ2n) is 5.08. The molecule has 0 aromatic heterocycles. The SMILES string of the molecule is COc1ccc(O)c(/C=N/NC(=O)CCOc2ccccc2C)c1. The highest BCUT2D eigenvalue weighted by Crippen LogP contribution is 2.21. The van der Waals surface area contributed by atoms with Crippen molar-refractivity contribution in [2.24, 2.45) is 5.10 Å². The third-order valence-electron chi connectivity index (χ3n) is 3.31. The predicted octanol–water partition coefficient (Wildman–Crippen LogP) is 2.63. The lowest BCUT2D eigenvalue weighted by Gasteiger charge is -2.07. The summed E-state index contributed by atoms with van der Waals surface area (Å²) in [6.45, 7) is 2.21. The van der Waals surface area contributed by atoms with E-state index < -0.39 is 0 Å². The van der Waals surface area contributed by atoms with Crippen molar-refractivity contribution >= 4 is 12.1 Å². The molecular weight excluding hydrogens is 308 g/mol. The largest absolute Gasteiger partial charge is 0.507 e. The lowest BCUT2D eigenvalue weighted by Crippen LogP contribution is -2.20. The minimum Gasteiger partial charge on any atom is -0.507 e. The standard InChI is InChI=1S/C18H20N2O4/c1-13-5-3-4-6-17(13)24-10-9-18(22)20-19-12-14-11-15(23-2)7-8-16(14)21/h3-8,11-12,21H,9-10H2,1-2H3,(H,20,22)/b19-12+. The Morgan fingerprint density at radius 3 is 2.83 bits per heavy atom. The molecule has 0 aliphatic heterocycles. The summed E-state index contributed by atoms with van der Waals surface area (Å²) in [6, 6.07) is 12.4. The average Bonchev–Trinajstić information content (AvgIpc) is 2.58. The molecule has 0 aliphatic rings. The molecule has 0 fully saturated rings. The van der Waals surface area contributed by atoms with E-state index in [4.69, 9.17) is 9.47 Å². The highest BCUT2D eigenvalue weighted by molar-refractivity contribution is 5.85. The van der Waals surface area contributed by atoms with Gasteiger partial charge < -0.3 is 14.6 Å². The molecule has 0 spiro atoms. The molecule has 24 heavy (non-hydrogen) atoms. The number of aryl methyl sites for hydroxylation is 1. The van der Waals surface area contributed by atoms with Gasteiger partial charge >= 0.3 is 0 Å². The van der Waals surface area contributed by atoms with E-state index in [0.29, 0.717) is 11.3 Å². The van der Waals surface area contributed by atoms with Gasteiger partial charge in [0.05, 0.1) is 26.4 Å². The fourth-order valence-corrected chi connectivity index (χ4v) is 1.96. The number of benzene rings is 2. The van der Waals surface area contributed by atoms with Gasteiger partial charge in [0.15, 0.2) is 0 Å². The van der Waals surface area contributed by atoms with Crippen molar-refractivity contribution in [3.63, 3.8) is 0 Å². The van der Waals surface area contributed by atoms with Gasteiger partial charge in [-0.2, -0.15) is 5.10 Å². The Labute approximate surface area is 140 Å². The van der Waals surface area contributed by atoms with Crippen LogP contribution < -0.4 is 14.9 Å². The molecule has 2 N–H and O–H groups in total. The van der Waals surface area contributed by atoms with Crippen molar-refractivity contribution in [2.75, 3.05) is 13.7 Å². The maximum absolute atomic E-state index is 11.7. The van der Waals surface area contributed by atoms with Crippen molar-refractivity contribution in [2.45, 2.75) is 13.3 Å². The number of rotatable bonds is 7. The number of carbonyl (C=O) groups excluding carboxylic acids is 1. The van der Waals surface area contributed by atoms with E-state index in [1.165, 1.54) is 19.4 Å². The molecule has 0 saturated heterocycles. The van der Waals surface area contributed by atoms with Crippen LogP contribution in [-0.2, 0) is 4.79 Å². The summed E-state index contributed by atoms with van der Waals surface area (Å²) in [5.74, 6) is 1.13. The molecule has 1 amide bonds. The van der Waals surface area contributed by atoms with E-state index in [-0.39, 0.29) is 24.7 Å². The molecule has 0 heterocycles. The van der Waals surface area contributed by atoms with Crippen LogP contribution in [0.3, 0.4) is 0 Å². The fourth-order valence-electron chi connectivity index (χ4n) is 1.96. The summed E-state index contributed by atoms with van der Waals surface area (Å²) in [7, 11) is 1.53. The van der Waals surface area contributed by atoms with E-state index in [2.05, 4.69) is 10.5 Å². The first-order chi connectivity index (χ1) is 11.6. The number of nitrogens with one attached hydrogen (secondary N) is 1. The van der Waals surface area contributed by atoms with E-state index in [1.807, 2.05) is 31.2 Å². The van der Waals surface area contributed by atoms with Crippen LogP contribution in [0.15, 0.2) is 47.6 Å². The van der Waals surface area contributed by atoms with Gasteiger partial charge in [-0.25, -0.2) is 5.43 Å². The molecule has 0 saturated carbocycles. The lowest BCUT2D eigenvalue weighted by molar-refractivity contribution is -0.121. The third kappa shape index (κ3) is 5.01. The number of hydrogen-bond donors (Lipinski definition) is 2. The van der Waals surface area contributed by atoms with Gasteiger partial charge in [0.25, 0.3) is 0 Å². The van der Waals surface area contributed by atoms with Crippen LogP contribution in [0, 0.1) is 6.92 Å². The smallest absolute Gasteiger partial charge is 0.243 e. The van der Waals surface area contributed by atoms with Crippen LogP contribution in [0.2, 0.25) is 0 Å². The number of nitrogens with zero attached hydrogens (tertiary/aromatic N) is 1. The number of methoxy groups -OCH3 is 1. The Morgan fingerprint density at radius 2 is 2.08 bits per heavy atom. The van der Waals surface area contributed by atoms with E-state index in [1.54, 1.807) is 12.1 Å². The van der Waals surface area contributed by atoms with E-state index in [0.717, 1.165) is 11.3 Å². The van der Waals surface area contributed by atoms with Crippen LogP contribution in [0.1, 0.15) is 17.5 Å². The van der Waals surface area contributed by atoms with Gasteiger partial charge in [-0.3, -0.25) is 4.79 Å². The number of aromatic hydroxyl groups is 1. The van der Waals surface area contributed by atoms with Crippen LogP contribution >= 0.6 is 0 Å². The zero-order valence-corrected chi connectivity index (χ0v) is 13.7. The number of hydrogen-bond acceptors (Lipinski definition) is 5. The maximum Gasteiger partial charge on any atom is 0.243 e. The number of phenolic OH excluding ortho intramolecular Hbond substituents is 1. The molecule has 2 aromatic carbocycles. The number of phenols is 1. The Bertz CT molecular complexity index is 729. The summed E-state index contributed by atoms with van der Waals surface area (Å²) < 4.78 is 10.6. The molecular formula is C18H20N2O4. The van der Waals surface area contributed by atoms with Crippen molar-refractivity contribution in [3.8, 4) is 17.2 Å². The van der Waals surface area contributed by atoms with Crippen molar-refractivity contribution in [1.82, 2.24) is 5.43 Å². The van der Waals surface area contributed by atoms with Crippen LogP contribution in [0.25, 0.3) is 0 Å². The van der Waals surface area contributed by atoms with Crippen LogP contribution in [0.5, 0.6) is 17.2 Å². The number of ether oxygens (including phenoxy) is 2. The second kappa shape index (κ2) is 8.57. The summed E-state index contributed by atoms with van der Waals surface area (Å²) in [4.78, 5) is 11.7. The minimum absolute atomic E-state index is 0.0525. The number of hydrazone groups is 1. The Balaban J connectivity index is 1.80. The molecule has 2 aromatic rings. The first kappa shape index (κ1) is 17.3. The average molecular weight is 328 g/mol. The van der Waals surface area contributed by atoms with Crippen LogP contribution in [0.4, 0.5) is 0 Å². The normalized spacial score (nSPS) is 10.6. The van der Waals surface area contributed by atoms with Crippen molar-refractivity contribution in [1.29, 1.82) is 0 Å². The number of para-hydroxylation sites is 1. The highest BCUT2D eigenvalue weighted by Gasteiger charge is 2.03. The number of carbonyl (C=O) groups is 1. The van der Waals surface area contributed by atoms with Gasteiger partial charge in [0, 0.05) is 5.56 Å². The first-order valence-corrected chi connectivity index (χ1v) is 7.47. The molecule has 0 unspecified atom stereocenters. The Kier molecular flexibility index (Phi) is 6.19. The Morgan fingerprint density at radius 1 is 1.29 bits per heavy atom. The van der Waals surface area contributed by atoms with Gasteiger partial charge in [-0.15, -0.1) is 0 Å². The molecule has 6 heteroatoms. The van der Waals surface area contributed by atoms with E-state index >= 15 is 0 Å². The van der Waals surface area contributed by atoms with Crippen molar-refractivity contribution in [3.05, 3.63) is 53.6 Å². The maximum atomic E-state index is 11.7. The monoisotopic (exact) mass is 328 g/mol. The fraction of sp³-hybridized carbons (Fsp3) is 0.222. The zero-order valence-electron chi connectivity index (χ0n) is 13.7. The summed E-state index contributed by atoms with van der Waals surface area (Å²) in [5, 5.41) is 13.5. The van der Waals surface area contributed by atoms with Gasteiger partial charge in [0.1, 0.15) is 17.2 Å². The topological polar surface area (TPSA) is 80.2 Å².